The van der Waals surface area contributed by atoms with Crippen LogP contribution in [0.3, 0.4) is 0 Å². The number of ether oxygens (including phenoxy) is 1. The van der Waals surface area contributed by atoms with Gasteiger partial charge in [0.1, 0.15) is 6.04 Å². The molecule has 1 rings (SSSR count). The molecular formula is C12H13Cl2NO3. The molecule has 18 heavy (non-hydrogen) atoms. The van der Waals surface area contributed by atoms with Crippen LogP contribution in [-0.2, 0) is 9.53 Å². The van der Waals surface area contributed by atoms with Gasteiger partial charge in [0, 0.05) is 0 Å². The SMILES string of the molecule is CCOC(=O)C(C)NC(=O)c1cccc(Cl)c1Cl. The molecule has 1 amide bonds. The van der Waals surface area contributed by atoms with Crippen LogP contribution in [0, 0.1) is 0 Å². The van der Waals surface area contributed by atoms with Crippen molar-refractivity contribution in [2.75, 3.05) is 6.61 Å². The minimum atomic E-state index is -0.743. The van der Waals surface area contributed by atoms with Crippen molar-refractivity contribution in [2.24, 2.45) is 0 Å². The number of hydrogen-bond donors (Lipinski definition) is 1. The van der Waals surface area contributed by atoms with Gasteiger partial charge >= 0.3 is 5.97 Å². The molecule has 1 N–H and O–H groups in total. The summed E-state index contributed by atoms with van der Waals surface area (Å²) in [6.07, 6.45) is 0. The van der Waals surface area contributed by atoms with E-state index in [4.69, 9.17) is 27.9 Å². The second-order valence-electron chi connectivity index (χ2n) is 3.55. The maximum atomic E-state index is 11.9. The summed E-state index contributed by atoms with van der Waals surface area (Å²) in [6, 6.07) is 3.97. The fraction of sp³-hybridized carbons (Fsp3) is 0.333. The fourth-order valence-electron chi connectivity index (χ4n) is 1.28. The van der Waals surface area contributed by atoms with Crippen LogP contribution >= 0.6 is 23.2 Å². The zero-order valence-corrected chi connectivity index (χ0v) is 11.5. The number of hydrogen-bond acceptors (Lipinski definition) is 3. The van der Waals surface area contributed by atoms with Gasteiger partial charge in [-0.1, -0.05) is 29.3 Å². The molecule has 0 bridgehead atoms. The third-order valence-corrected chi connectivity index (χ3v) is 3.00. The Morgan fingerprint density at radius 3 is 2.67 bits per heavy atom. The maximum Gasteiger partial charge on any atom is 0.328 e. The molecule has 0 saturated carbocycles. The Labute approximate surface area is 115 Å². The quantitative estimate of drug-likeness (QED) is 0.867. The monoisotopic (exact) mass is 289 g/mol. The van der Waals surface area contributed by atoms with E-state index >= 15 is 0 Å². The number of rotatable bonds is 4. The maximum absolute atomic E-state index is 11.9. The van der Waals surface area contributed by atoms with E-state index in [1.807, 2.05) is 0 Å². The predicted molar refractivity (Wildman–Crippen MR) is 70.0 cm³/mol. The molecule has 98 valence electrons. The summed E-state index contributed by atoms with van der Waals surface area (Å²) in [5, 5.41) is 2.94. The van der Waals surface area contributed by atoms with Crippen LogP contribution in [0.1, 0.15) is 24.2 Å². The highest BCUT2D eigenvalue weighted by Crippen LogP contribution is 2.25. The normalized spacial score (nSPS) is 11.8. The van der Waals surface area contributed by atoms with Crippen molar-refractivity contribution >= 4 is 35.1 Å². The Hall–Kier alpha value is -1.26. The van der Waals surface area contributed by atoms with E-state index < -0.39 is 17.9 Å². The lowest BCUT2D eigenvalue weighted by Crippen LogP contribution is -2.39. The summed E-state index contributed by atoms with van der Waals surface area (Å²) in [5.41, 5.74) is 0.223. The number of benzene rings is 1. The van der Waals surface area contributed by atoms with Gasteiger partial charge in [-0.25, -0.2) is 4.79 Å². The van der Waals surface area contributed by atoms with Crippen molar-refractivity contribution in [2.45, 2.75) is 19.9 Å². The van der Waals surface area contributed by atoms with Crippen LogP contribution < -0.4 is 5.32 Å². The summed E-state index contributed by atoms with van der Waals surface area (Å²) in [4.78, 5) is 23.2. The zero-order chi connectivity index (χ0) is 13.7. The van der Waals surface area contributed by atoms with Crippen molar-refractivity contribution in [1.29, 1.82) is 0 Å². The molecule has 0 spiro atoms. The lowest BCUT2D eigenvalue weighted by atomic mass is 10.2. The van der Waals surface area contributed by atoms with E-state index in [1.165, 1.54) is 13.0 Å². The van der Waals surface area contributed by atoms with Gasteiger partial charge in [-0.2, -0.15) is 0 Å². The molecule has 0 aliphatic heterocycles. The first kappa shape index (κ1) is 14.8. The zero-order valence-electron chi connectivity index (χ0n) is 10.00. The second kappa shape index (κ2) is 6.61. The summed E-state index contributed by atoms with van der Waals surface area (Å²) >= 11 is 11.7. The molecule has 0 fully saturated rings. The Morgan fingerprint density at radius 1 is 1.39 bits per heavy atom. The van der Waals surface area contributed by atoms with Crippen LogP contribution in [0.2, 0.25) is 10.0 Å². The molecule has 1 aromatic carbocycles. The minimum Gasteiger partial charge on any atom is -0.464 e. The molecular weight excluding hydrogens is 277 g/mol. The van der Waals surface area contributed by atoms with Crippen molar-refractivity contribution < 1.29 is 14.3 Å². The van der Waals surface area contributed by atoms with Crippen molar-refractivity contribution in [3.63, 3.8) is 0 Å². The highest BCUT2D eigenvalue weighted by molar-refractivity contribution is 6.43. The van der Waals surface area contributed by atoms with E-state index in [0.717, 1.165) is 0 Å². The Kier molecular flexibility index (Phi) is 5.44. The lowest BCUT2D eigenvalue weighted by molar-refractivity contribution is -0.144. The van der Waals surface area contributed by atoms with Gasteiger partial charge < -0.3 is 10.1 Å². The van der Waals surface area contributed by atoms with Gasteiger partial charge in [0.25, 0.3) is 5.91 Å². The Morgan fingerprint density at radius 2 is 2.06 bits per heavy atom. The van der Waals surface area contributed by atoms with E-state index in [2.05, 4.69) is 5.32 Å². The van der Waals surface area contributed by atoms with E-state index in [9.17, 15) is 9.59 Å². The molecule has 0 aromatic heterocycles. The average Bonchev–Trinajstić information content (AvgIpc) is 2.32. The van der Waals surface area contributed by atoms with Crippen molar-refractivity contribution in [1.82, 2.24) is 5.32 Å². The first-order valence-electron chi connectivity index (χ1n) is 5.38. The van der Waals surface area contributed by atoms with Gasteiger partial charge in [-0.15, -0.1) is 0 Å². The van der Waals surface area contributed by atoms with E-state index in [1.54, 1.807) is 19.1 Å². The molecule has 0 radical (unpaired) electrons. The average molecular weight is 290 g/mol. The first-order valence-corrected chi connectivity index (χ1v) is 6.14. The number of halogens is 2. The van der Waals surface area contributed by atoms with Gasteiger partial charge in [0.15, 0.2) is 0 Å². The van der Waals surface area contributed by atoms with Gasteiger partial charge in [-0.3, -0.25) is 4.79 Å². The third-order valence-electron chi connectivity index (χ3n) is 2.18. The van der Waals surface area contributed by atoms with Crippen LogP contribution in [-0.4, -0.2) is 24.5 Å². The summed E-state index contributed by atoms with van der Waals surface area (Å²) in [5.74, 6) is -0.966. The standard InChI is InChI=1S/C12H13Cl2NO3/c1-3-18-12(17)7(2)15-11(16)8-5-4-6-9(13)10(8)14/h4-7H,3H2,1-2H3,(H,15,16). The largest absolute Gasteiger partial charge is 0.464 e. The number of esters is 1. The molecule has 1 atom stereocenters. The van der Waals surface area contributed by atoms with Gasteiger partial charge in [0.05, 0.1) is 22.2 Å². The fourth-order valence-corrected chi connectivity index (χ4v) is 1.67. The molecule has 0 aliphatic rings. The lowest BCUT2D eigenvalue weighted by Gasteiger charge is -2.13. The van der Waals surface area contributed by atoms with Crippen LogP contribution in [0.25, 0.3) is 0 Å². The van der Waals surface area contributed by atoms with Crippen LogP contribution in [0.15, 0.2) is 18.2 Å². The van der Waals surface area contributed by atoms with Gasteiger partial charge in [-0.05, 0) is 26.0 Å². The Balaban J connectivity index is 2.77. The summed E-state index contributed by atoms with van der Waals surface area (Å²) < 4.78 is 4.78. The van der Waals surface area contributed by atoms with Crippen molar-refractivity contribution in [3.05, 3.63) is 33.8 Å². The number of amides is 1. The number of carbonyl (C=O) groups is 2. The molecule has 0 saturated heterocycles. The Bertz CT molecular complexity index is 463. The van der Waals surface area contributed by atoms with Crippen molar-refractivity contribution in [3.8, 4) is 0 Å². The smallest absolute Gasteiger partial charge is 0.328 e. The molecule has 0 aliphatic carbocycles. The molecule has 4 nitrogen and oxygen atoms in total. The molecule has 6 heteroatoms. The number of nitrogens with one attached hydrogen (secondary N) is 1. The van der Waals surface area contributed by atoms with E-state index in [0.29, 0.717) is 0 Å². The summed E-state index contributed by atoms with van der Waals surface area (Å²) in [6.45, 7) is 3.49. The first-order chi connectivity index (χ1) is 8.47. The second-order valence-corrected chi connectivity index (χ2v) is 4.33. The highest BCUT2D eigenvalue weighted by atomic mass is 35.5. The minimum absolute atomic E-state index is 0.160. The van der Waals surface area contributed by atoms with Crippen LogP contribution in [0.5, 0.6) is 0 Å². The molecule has 1 unspecified atom stereocenters. The van der Waals surface area contributed by atoms with Gasteiger partial charge in [0.2, 0.25) is 0 Å². The third kappa shape index (κ3) is 3.62. The van der Waals surface area contributed by atoms with E-state index in [-0.39, 0.29) is 22.2 Å². The topological polar surface area (TPSA) is 55.4 Å². The molecule has 0 heterocycles. The molecule has 1 aromatic rings. The highest BCUT2D eigenvalue weighted by Gasteiger charge is 2.19. The van der Waals surface area contributed by atoms with Crippen LogP contribution in [0.4, 0.5) is 0 Å². The number of carbonyl (C=O) groups excluding carboxylic acids is 2. The summed E-state index contributed by atoms with van der Waals surface area (Å²) in [7, 11) is 0. The predicted octanol–water partition coefficient (Wildman–Crippen LogP) is 2.67.